The first kappa shape index (κ1) is 22.9. The average molecular weight is 433 g/mol. The zero-order chi connectivity index (χ0) is 22.4. The van der Waals surface area contributed by atoms with E-state index < -0.39 is 0 Å². The number of nitrogens with one attached hydrogen (secondary N) is 3. The second-order valence-electron chi connectivity index (χ2n) is 7.92. The van der Waals surface area contributed by atoms with Gasteiger partial charge in [-0.25, -0.2) is 4.79 Å². The van der Waals surface area contributed by atoms with Crippen molar-refractivity contribution in [1.29, 1.82) is 0 Å². The van der Waals surface area contributed by atoms with Crippen LogP contribution in [-0.4, -0.2) is 67.7 Å². The standard InChI is InChI=1S/C22H32N4O5/c1-4-10-24-20(27)12-15-7-8-17-19(31-15)13-30-18-9-6-14(25-22(29)23-5-2)11-16(18)21(28)26(17)3/h6,9,11,15,17,19H,4-5,7-8,10,12-13H2,1-3H3,(H,24,27)(H2,23,25,29)/t15-,17+,19+/m1/s1. The van der Waals surface area contributed by atoms with Crippen LogP contribution in [-0.2, 0) is 9.53 Å². The highest BCUT2D eigenvalue weighted by molar-refractivity contribution is 5.99. The predicted molar refractivity (Wildman–Crippen MR) is 116 cm³/mol. The molecule has 170 valence electrons. The lowest BCUT2D eigenvalue weighted by Crippen LogP contribution is -2.54. The Bertz CT molecular complexity index is 815. The van der Waals surface area contributed by atoms with Gasteiger partial charge in [-0.1, -0.05) is 6.92 Å². The van der Waals surface area contributed by atoms with Crippen molar-refractivity contribution in [2.45, 2.75) is 57.8 Å². The van der Waals surface area contributed by atoms with Crippen LogP contribution in [0.2, 0.25) is 0 Å². The van der Waals surface area contributed by atoms with Crippen molar-refractivity contribution in [3.63, 3.8) is 0 Å². The number of fused-ring (bicyclic) bond motifs is 2. The van der Waals surface area contributed by atoms with Gasteiger partial charge in [-0.2, -0.15) is 0 Å². The highest BCUT2D eigenvalue weighted by atomic mass is 16.5. The molecule has 1 aromatic rings. The Morgan fingerprint density at radius 1 is 1.19 bits per heavy atom. The van der Waals surface area contributed by atoms with Gasteiger partial charge in [0.1, 0.15) is 18.5 Å². The largest absolute Gasteiger partial charge is 0.490 e. The topological polar surface area (TPSA) is 109 Å². The molecule has 4 amide bonds. The predicted octanol–water partition coefficient (Wildman–Crippen LogP) is 2.12. The molecule has 2 heterocycles. The Labute approximate surface area is 182 Å². The van der Waals surface area contributed by atoms with E-state index in [1.807, 2.05) is 13.8 Å². The van der Waals surface area contributed by atoms with Crippen LogP contribution in [0.5, 0.6) is 5.75 Å². The maximum Gasteiger partial charge on any atom is 0.319 e. The molecule has 3 rings (SSSR count). The number of urea groups is 1. The van der Waals surface area contributed by atoms with Crippen molar-refractivity contribution in [2.24, 2.45) is 0 Å². The Balaban J connectivity index is 1.71. The van der Waals surface area contributed by atoms with E-state index in [0.29, 0.717) is 42.9 Å². The number of anilines is 1. The van der Waals surface area contributed by atoms with Crippen LogP contribution in [0.4, 0.5) is 10.5 Å². The molecule has 2 aliphatic rings. The number of nitrogens with zero attached hydrogens (tertiary/aromatic N) is 1. The summed E-state index contributed by atoms with van der Waals surface area (Å²) in [5.74, 6) is 0.245. The summed E-state index contributed by atoms with van der Waals surface area (Å²) in [6.45, 7) is 5.29. The van der Waals surface area contributed by atoms with Crippen LogP contribution >= 0.6 is 0 Å². The minimum Gasteiger partial charge on any atom is -0.490 e. The maximum absolute atomic E-state index is 13.2. The number of carbonyl (C=O) groups is 3. The van der Waals surface area contributed by atoms with Gasteiger partial charge in [-0.3, -0.25) is 9.59 Å². The number of hydrogen-bond acceptors (Lipinski definition) is 5. The van der Waals surface area contributed by atoms with Gasteiger partial charge in [-0.05, 0) is 44.4 Å². The molecule has 1 aromatic carbocycles. The van der Waals surface area contributed by atoms with Gasteiger partial charge in [-0.15, -0.1) is 0 Å². The fourth-order valence-corrected chi connectivity index (χ4v) is 3.98. The molecule has 3 atom stereocenters. The molecule has 0 spiro atoms. The smallest absolute Gasteiger partial charge is 0.319 e. The summed E-state index contributed by atoms with van der Waals surface area (Å²) in [6.07, 6.45) is 2.13. The summed E-state index contributed by atoms with van der Waals surface area (Å²) >= 11 is 0. The number of likely N-dealkylation sites (N-methyl/N-ethyl adjacent to an activating group) is 1. The van der Waals surface area contributed by atoms with Crippen molar-refractivity contribution in [2.75, 3.05) is 32.1 Å². The van der Waals surface area contributed by atoms with Crippen LogP contribution in [0, 0.1) is 0 Å². The van der Waals surface area contributed by atoms with Gasteiger partial charge in [0.2, 0.25) is 5.91 Å². The fraction of sp³-hybridized carbons (Fsp3) is 0.591. The molecule has 9 nitrogen and oxygen atoms in total. The Hall–Kier alpha value is -2.81. The Morgan fingerprint density at radius 2 is 2.00 bits per heavy atom. The third kappa shape index (κ3) is 5.66. The first-order valence-corrected chi connectivity index (χ1v) is 10.9. The van der Waals surface area contributed by atoms with Crippen molar-refractivity contribution in [1.82, 2.24) is 15.5 Å². The van der Waals surface area contributed by atoms with E-state index in [-0.39, 0.29) is 42.7 Å². The summed E-state index contributed by atoms with van der Waals surface area (Å²) in [5, 5.41) is 8.26. The quantitative estimate of drug-likeness (QED) is 0.638. The number of hydrogen-bond donors (Lipinski definition) is 3. The average Bonchev–Trinajstić information content (AvgIpc) is 2.75. The molecule has 0 aliphatic carbocycles. The van der Waals surface area contributed by atoms with Gasteiger partial charge in [0, 0.05) is 25.8 Å². The zero-order valence-corrected chi connectivity index (χ0v) is 18.4. The van der Waals surface area contributed by atoms with Gasteiger partial charge in [0.25, 0.3) is 5.91 Å². The van der Waals surface area contributed by atoms with Crippen LogP contribution in [0.15, 0.2) is 18.2 Å². The molecule has 1 fully saturated rings. The molecule has 31 heavy (non-hydrogen) atoms. The minimum atomic E-state index is -0.329. The molecule has 0 unspecified atom stereocenters. The number of carbonyl (C=O) groups excluding carboxylic acids is 3. The lowest BCUT2D eigenvalue weighted by atomic mass is 9.94. The summed E-state index contributed by atoms with van der Waals surface area (Å²) in [6, 6.07) is 4.54. The first-order valence-electron chi connectivity index (χ1n) is 10.9. The Morgan fingerprint density at radius 3 is 2.74 bits per heavy atom. The van der Waals surface area contributed by atoms with Crippen molar-refractivity contribution >= 4 is 23.5 Å². The van der Waals surface area contributed by atoms with E-state index in [1.165, 1.54) is 0 Å². The van der Waals surface area contributed by atoms with E-state index in [9.17, 15) is 14.4 Å². The molecule has 0 aromatic heterocycles. The molecule has 0 saturated carbocycles. The molecule has 2 aliphatic heterocycles. The van der Waals surface area contributed by atoms with Crippen LogP contribution < -0.4 is 20.7 Å². The van der Waals surface area contributed by atoms with Gasteiger partial charge in [0.15, 0.2) is 0 Å². The highest BCUT2D eigenvalue weighted by Crippen LogP contribution is 2.32. The second kappa shape index (κ2) is 10.5. The number of rotatable bonds is 6. The normalized spacial score (nSPS) is 22.9. The highest BCUT2D eigenvalue weighted by Gasteiger charge is 2.39. The summed E-state index contributed by atoms with van der Waals surface area (Å²) in [4.78, 5) is 38.7. The van der Waals surface area contributed by atoms with Crippen LogP contribution in [0.25, 0.3) is 0 Å². The van der Waals surface area contributed by atoms with Crippen LogP contribution in [0.3, 0.4) is 0 Å². The maximum atomic E-state index is 13.2. The fourth-order valence-electron chi connectivity index (χ4n) is 3.98. The summed E-state index contributed by atoms with van der Waals surface area (Å²) in [7, 11) is 1.76. The third-order valence-corrected chi connectivity index (χ3v) is 5.59. The van der Waals surface area contributed by atoms with Gasteiger partial charge < -0.3 is 30.3 Å². The van der Waals surface area contributed by atoms with E-state index in [0.717, 1.165) is 12.8 Å². The molecule has 0 radical (unpaired) electrons. The van der Waals surface area contributed by atoms with E-state index in [1.54, 1.807) is 30.1 Å². The second-order valence-corrected chi connectivity index (χ2v) is 7.92. The van der Waals surface area contributed by atoms with Crippen molar-refractivity contribution in [3.05, 3.63) is 23.8 Å². The molecule has 0 bridgehead atoms. The molecular formula is C22H32N4O5. The zero-order valence-electron chi connectivity index (χ0n) is 18.4. The number of ether oxygens (including phenoxy) is 2. The molecule has 1 saturated heterocycles. The SMILES string of the molecule is CCCNC(=O)C[C@H]1CC[C@H]2[C@H](COc3ccc(NC(=O)NCC)cc3C(=O)N2C)O1. The molecular weight excluding hydrogens is 400 g/mol. The molecule has 9 heteroatoms. The van der Waals surface area contributed by atoms with Crippen LogP contribution in [0.1, 0.15) is 49.9 Å². The first-order chi connectivity index (χ1) is 14.9. The van der Waals surface area contributed by atoms with Crippen molar-refractivity contribution < 1.29 is 23.9 Å². The van der Waals surface area contributed by atoms with E-state index in [2.05, 4.69) is 16.0 Å². The van der Waals surface area contributed by atoms with E-state index >= 15 is 0 Å². The Kier molecular flexibility index (Phi) is 7.73. The van der Waals surface area contributed by atoms with E-state index in [4.69, 9.17) is 9.47 Å². The third-order valence-electron chi connectivity index (χ3n) is 5.59. The lowest BCUT2D eigenvalue weighted by molar-refractivity contribution is -0.134. The number of benzene rings is 1. The minimum absolute atomic E-state index is 0.0148. The summed E-state index contributed by atoms with van der Waals surface area (Å²) < 4.78 is 12.1. The monoisotopic (exact) mass is 432 g/mol. The summed E-state index contributed by atoms with van der Waals surface area (Å²) in [5.41, 5.74) is 0.918. The van der Waals surface area contributed by atoms with Crippen molar-refractivity contribution in [3.8, 4) is 5.75 Å². The molecule has 3 N–H and O–H groups in total. The van der Waals surface area contributed by atoms with Gasteiger partial charge >= 0.3 is 6.03 Å². The lowest BCUT2D eigenvalue weighted by Gasteiger charge is -2.42. The van der Waals surface area contributed by atoms with Gasteiger partial charge in [0.05, 0.1) is 24.1 Å². The number of amides is 4.